The van der Waals surface area contributed by atoms with E-state index in [0.29, 0.717) is 0 Å². The highest BCUT2D eigenvalue weighted by Gasteiger charge is 2.39. The summed E-state index contributed by atoms with van der Waals surface area (Å²) in [7, 11) is 0. The topological polar surface area (TPSA) is 104 Å². The van der Waals surface area contributed by atoms with Crippen LogP contribution in [0, 0.1) is 0 Å². The molecule has 6 nitrogen and oxygen atoms in total. The Morgan fingerprint density at radius 3 is 2.57 bits per heavy atom. The largest absolute Gasteiger partial charge is 0.480 e. The standard InChI is InChI=1S/C8H14N2O4/c1-4(9)7(12)10-3-5(11)2-6(10)8(13)14/h4-6,11H,2-3,9H2,1H3,(H,13,14)/t4-,5?,6?/m1/s1. The summed E-state index contributed by atoms with van der Waals surface area (Å²) in [5.74, 6) is -1.54. The first-order valence-electron chi connectivity index (χ1n) is 4.40. The summed E-state index contributed by atoms with van der Waals surface area (Å²) < 4.78 is 0. The molecular weight excluding hydrogens is 188 g/mol. The molecule has 1 aliphatic rings. The first-order valence-corrected chi connectivity index (χ1v) is 4.40. The molecule has 0 radical (unpaired) electrons. The minimum atomic E-state index is -1.10. The van der Waals surface area contributed by atoms with Gasteiger partial charge in [-0.15, -0.1) is 0 Å². The highest BCUT2D eigenvalue weighted by molar-refractivity contribution is 5.87. The molecule has 0 aromatic carbocycles. The summed E-state index contributed by atoms with van der Waals surface area (Å²) >= 11 is 0. The number of carboxylic acids is 1. The molecule has 1 fully saturated rings. The normalized spacial score (nSPS) is 28.9. The molecule has 0 aromatic heterocycles. The minimum Gasteiger partial charge on any atom is -0.480 e. The van der Waals surface area contributed by atoms with Crippen molar-refractivity contribution >= 4 is 11.9 Å². The van der Waals surface area contributed by atoms with Gasteiger partial charge in [0.15, 0.2) is 0 Å². The highest BCUT2D eigenvalue weighted by atomic mass is 16.4. The fourth-order valence-electron chi connectivity index (χ4n) is 1.55. The van der Waals surface area contributed by atoms with Crippen molar-refractivity contribution in [1.82, 2.24) is 4.90 Å². The van der Waals surface area contributed by atoms with Gasteiger partial charge in [0.25, 0.3) is 0 Å². The molecule has 0 aromatic rings. The summed E-state index contributed by atoms with van der Waals surface area (Å²) in [6.07, 6.45) is -0.688. The summed E-state index contributed by atoms with van der Waals surface area (Å²) in [6, 6.07) is -1.68. The number of nitrogens with two attached hydrogens (primary N) is 1. The van der Waals surface area contributed by atoms with E-state index < -0.39 is 30.1 Å². The van der Waals surface area contributed by atoms with E-state index in [-0.39, 0.29) is 13.0 Å². The number of carboxylic acid groups (broad SMARTS) is 1. The molecule has 14 heavy (non-hydrogen) atoms. The van der Waals surface area contributed by atoms with Crippen LogP contribution in [0.4, 0.5) is 0 Å². The maximum Gasteiger partial charge on any atom is 0.326 e. The second-order valence-corrected chi connectivity index (χ2v) is 3.52. The fourth-order valence-corrected chi connectivity index (χ4v) is 1.55. The fraction of sp³-hybridized carbons (Fsp3) is 0.750. The number of likely N-dealkylation sites (tertiary alicyclic amines) is 1. The molecule has 0 aliphatic carbocycles. The number of aliphatic hydroxyl groups excluding tert-OH is 1. The monoisotopic (exact) mass is 202 g/mol. The van der Waals surface area contributed by atoms with E-state index in [9.17, 15) is 14.7 Å². The molecule has 6 heteroatoms. The third kappa shape index (κ3) is 2.02. The molecule has 80 valence electrons. The number of hydrogen-bond donors (Lipinski definition) is 3. The van der Waals surface area contributed by atoms with E-state index in [1.165, 1.54) is 6.92 Å². The second kappa shape index (κ2) is 3.93. The maximum absolute atomic E-state index is 11.4. The van der Waals surface area contributed by atoms with Crippen molar-refractivity contribution in [2.45, 2.75) is 31.5 Å². The Morgan fingerprint density at radius 2 is 2.14 bits per heavy atom. The van der Waals surface area contributed by atoms with Crippen molar-refractivity contribution in [3.8, 4) is 0 Å². The lowest BCUT2D eigenvalue weighted by atomic mass is 10.2. The van der Waals surface area contributed by atoms with Crippen LogP contribution in [0.3, 0.4) is 0 Å². The zero-order chi connectivity index (χ0) is 10.9. The van der Waals surface area contributed by atoms with Gasteiger partial charge in [0, 0.05) is 13.0 Å². The van der Waals surface area contributed by atoms with Gasteiger partial charge in [-0.2, -0.15) is 0 Å². The van der Waals surface area contributed by atoms with Crippen LogP contribution in [0.5, 0.6) is 0 Å². The predicted octanol–water partition coefficient (Wildman–Crippen LogP) is -1.62. The van der Waals surface area contributed by atoms with Crippen molar-refractivity contribution in [3.63, 3.8) is 0 Å². The second-order valence-electron chi connectivity index (χ2n) is 3.52. The van der Waals surface area contributed by atoms with E-state index in [1.807, 2.05) is 0 Å². The van der Waals surface area contributed by atoms with Crippen LogP contribution in [0.15, 0.2) is 0 Å². The Morgan fingerprint density at radius 1 is 1.57 bits per heavy atom. The first kappa shape index (κ1) is 10.9. The Hall–Kier alpha value is -1.14. The van der Waals surface area contributed by atoms with Crippen LogP contribution in [0.2, 0.25) is 0 Å². The molecule has 1 saturated heterocycles. The quantitative estimate of drug-likeness (QED) is 0.499. The lowest BCUT2D eigenvalue weighted by Gasteiger charge is -2.22. The van der Waals surface area contributed by atoms with Crippen LogP contribution in [-0.4, -0.2) is 51.7 Å². The predicted molar refractivity (Wildman–Crippen MR) is 47.4 cm³/mol. The molecule has 0 spiro atoms. The molecule has 1 heterocycles. The number of carbonyl (C=O) groups excluding carboxylic acids is 1. The SMILES string of the molecule is C[C@@H](N)C(=O)N1CC(O)CC1C(=O)O. The minimum absolute atomic E-state index is 0.0529. The summed E-state index contributed by atoms with van der Waals surface area (Å²) in [5.41, 5.74) is 5.36. The molecule has 2 unspecified atom stereocenters. The Bertz CT molecular complexity index is 254. The number of aliphatic hydroxyl groups is 1. The van der Waals surface area contributed by atoms with Gasteiger partial charge in [0.2, 0.25) is 5.91 Å². The zero-order valence-electron chi connectivity index (χ0n) is 7.88. The number of rotatable bonds is 2. The van der Waals surface area contributed by atoms with Gasteiger partial charge in [-0.1, -0.05) is 0 Å². The summed E-state index contributed by atoms with van der Waals surface area (Å²) in [5, 5.41) is 18.0. The van der Waals surface area contributed by atoms with Crippen molar-refractivity contribution in [1.29, 1.82) is 0 Å². The molecule has 1 amide bonds. The summed E-state index contributed by atoms with van der Waals surface area (Å²) in [6.45, 7) is 1.54. The number of carbonyl (C=O) groups is 2. The van der Waals surface area contributed by atoms with Gasteiger partial charge in [0.1, 0.15) is 6.04 Å². The van der Waals surface area contributed by atoms with Crippen LogP contribution in [0.25, 0.3) is 0 Å². The van der Waals surface area contributed by atoms with E-state index in [2.05, 4.69) is 0 Å². The third-order valence-electron chi connectivity index (χ3n) is 2.24. The molecule has 4 N–H and O–H groups in total. The molecule has 1 rings (SSSR count). The maximum atomic E-state index is 11.4. The number of β-amino-alcohol motifs (C(OH)–C–C–N with tert-alkyl or cyclic N) is 1. The number of hydrogen-bond acceptors (Lipinski definition) is 4. The summed E-state index contributed by atoms with van der Waals surface area (Å²) in [4.78, 5) is 23.3. The van der Waals surface area contributed by atoms with E-state index >= 15 is 0 Å². The van der Waals surface area contributed by atoms with Crippen molar-refractivity contribution < 1.29 is 19.8 Å². The molecule has 3 atom stereocenters. The first-order chi connectivity index (χ1) is 6.43. The van der Waals surface area contributed by atoms with Crippen molar-refractivity contribution in [2.75, 3.05) is 6.54 Å². The Labute approximate surface area is 81.3 Å². The van der Waals surface area contributed by atoms with Gasteiger partial charge in [0.05, 0.1) is 12.1 Å². The van der Waals surface area contributed by atoms with Gasteiger partial charge < -0.3 is 20.8 Å². The lowest BCUT2D eigenvalue weighted by molar-refractivity contribution is -0.148. The van der Waals surface area contributed by atoms with Gasteiger partial charge >= 0.3 is 5.97 Å². The van der Waals surface area contributed by atoms with Crippen molar-refractivity contribution in [3.05, 3.63) is 0 Å². The smallest absolute Gasteiger partial charge is 0.326 e. The molecular formula is C8H14N2O4. The van der Waals surface area contributed by atoms with Crippen LogP contribution in [-0.2, 0) is 9.59 Å². The van der Waals surface area contributed by atoms with Crippen molar-refractivity contribution in [2.24, 2.45) is 5.73 Å². The molecule has 1 aliphatic heterocycles. The van der Waals surface area contributed by atoms with Gasteiger partial charge in [-0.25, -0.2) is 4.79 Å². The van der Waals surface area contributed by atoms with Crippen LogP contribution in [0.1, 0.15) is 13.3 Å². The van der Waals surface area contributed by atoms with E-state index in [4.69, 9.17) is 10.8 Å². The Balaban J connectivity index is 2.76. The average molecular weight is 202 g/mol. The van der Waals surface area contributed by atoms with Crippen LogP contribution >= 0.6 is 0 Å². The number of amides is 1. The van der Waals surface area contributed by atoms with Gasteiger partial charge in [-0.3, -0.25) is 4.79 Å². The van der Waals surface area contributed by atoms with Gasteiger partial charge in [-0.05, 0) is 6.92 Å². The number of aliphatic carboxylic acids is 1. The highest BCUT2D eigenvalue weighted by Crippen LogP contribution is 2.18. The Kier molecular flexibility index (Phi) is 3.07. The van der Waals surface area contributed by atoms with E-state index in [0.717, 1.165) is 4.90 Å². The molecule has 0 bridgehead atoms. The third-order valence-corrected chi connectivity index (χ3v) is 2.24. The van der Waals surface area contributed by atoms with Crippen LogP contribution < -0.4 is 5.73 Å². The zero-order valence-corrected chi connectivity index (χ0v) is 7.88. The number of nitrogens with zero attached hydrogens (tertiary/aromatic N) is 1. The lowest BCUT2D eigenvalue weighted by Crippen LogP contribution is -2.47. The average Bonchev–Trinajstić information content (AvgIpc) is 2.45. The molecule has 0 saturated carbocycles. The van der Waals surface area contributed by atoms with E-state index in [1.54, 1.807) is 0 Å².